The van der Waals surface area contributed by atoms with E-state index in [2.05, 4.69) is 20.4 Å². The molecule has 5 amide bonds. The molecule has 1 aliphatic heterocycles. The monoisotopic (exact) mass is 1030 g/mol. The summed E-state index contributed by atoms with van der Waals surface area (Å²) in [6.07, 6.45) is 1.52. The van der Waals surface area contributed by atoms with Crippen molar-refractivity contribution in [2.45, 2.75) is 83.4 Å². The molecule has 0 spiro atoms. The van der Waals surface area contributed by atoms with E-state index in [1.165, 1.54) is 28.7 Å². The number of halogens is 4. The number of aromatic nitrogens is 2. The van der Waals surface area contributed by atoms with E-state index in [0.29, 0.717) is 27.9 Å². The van der Waals surface area contributed by atoms with Crippen molar-refractivity contribution in [2.75, 3.05) is 41.3 Å². The summed E-state index contributed by atoms with van der Waals surface area (Å²) in [5, 5.41) is 6.25. The fraction of sp³-hybridized carbons (Fsp3) is 0.396. The van der Waals surface area contributed by atoms with Gasteiger partial charge >= 0.3 is 6.61 Å². The minimum atomic E-state index is -3.30. The van der Waals surface area contributed by atoms with E-state index in [0.717, 1.165) is 28.2 Å². The topological polar surface area (TPSA) is 159 Å². The van der Waals surface area contributed by atoms with Crippen LogP contribution < -0.4 is 15.4 Å². The zero-order chi connectivity index (χ0) is 52.2. The van der Waals surface area contributed by atoms with Gasteiger partial charge in [0.2, 0.25) is 29.5 Å². The van der Waals surface area contributed by atoms with Gasteiger partial charge in [-0.05, 0) is 100 Å². The Bertz CT molecular complexity index is 2660. The first-order valence-electron chi connectivity index (χ1n) is 23.6. The summed E-state index contributed by atoms with van der Waals surface area (Å²) in [7, 11) is 8.91. The molecular weight excluding hydrogens is 970 g/mol. The number of hydrogen-bond acceptors (Lipinski definition) is 9. The Kier molecular flexibility index (Phi) is 19.3. The van der Waals surface area contributed by atoms with Gasteiger partial charge < -0.3 is 44.3 Å². The van der Waals surface area contributed by atoms with Crippen LogP contribution in [-0.2, 0) is 61.7 Å². The number of nitrogens with one attached hydrogen (secondary N) is 2. The summed E-state index contributed by atoms with van der Waals surface area (Å²) < 4.78 is 40.5. The molecule has 15 nitrogen and oxygen atoms in total. The van der Waals surface area contributed by atoms with Gasteiger partial charge in [0.05, 0.1) is 37.5 Å². The van der Waals surface area contributed by atoms with E-state index >= 15 is 4.79 Å². The van der Waals surface area contributed by atoms with E-state index in [1.54, 1.807) is 68.6 Å². The molecule has 0 unspecified atom stereocenters. The van der Waals surface area contributed by atoms with Gasteiger partial charge in [0.1, 0.15) is 29.4 Å². The molecule has 0 radical (unpaired) electrons. The molecule has 2 heterocycles. The molecular formula is C53H62Cl2F2N8O7. The molecule has 1 aliphatic rings. The summed E-state index contributed by atoms with van der Waals surface area (Å²) >= 11 is 12.7. The summed E-state index contributed by atoms with van der Waals surface area (Å²) in [5.41, 5.74) is 3.73. The van der Waals surface area contributed by atoms with E-state index < -0.39 is 66.9 Å². The van der Waals surface area contributed by atoms with Crippen molar-refractivity contribution in [1.29, 1.82) is 0 Å². The van der Waals surface area contributed by atoms with Gasteiger partial charge in [-0.1, -0.05) is 71.7 Å². The molecule has 0 saturated carbocycles. The SMILES string of the molecule is C[C@H]1CNC(=O)C[C@H](Cc2ccc(Cl)cc2)N(C)C(=O)[C@H](COC(F)F)NC(=O)[C@H](C)N(Cc2ccc(Cl)cc2Oc2ccc(-c3cnc(CN(C)C)n3C)cc2)C(=O)C[C@@H](Cc2ccccc2)C(=O)N1C. The van der Waals surface area contributed by atoms with E-state index in [4.69, 9.17) is 27.9 Å². The summed E-state index contributed by atoms with van der Waals surface area (Å²) in [5.74, 6) is -2.47. The Morgan fingerprint density at radius 2 is 1.47 bits per heavy atom. The molecule has 1 fully saturated rings. The Labute approximate surface area is 429 Å². The minimum Gasteiger partial charge on any atom is -0.457 e. The highest BCUT2D eigenvalue weighted by molar-refractivity contribution is 6.31. The smallest absolute Gasteiger partial charge is 0.345 e. The lowest BCUT2D eigenvalue weighted by molar-refractivity contribution is -0.154. The number of carbonyl (C=O) groups excluding carboxylic acids is 5. The van der Waals surface area contributed by atoms with E-state index in [-0.39, 0.29) is 50.4 Å². The third-order valence-electron chi connectivity index (χ3n) is 12.9. The second-order valence-corrected chi connectivity index (χ2v) is 19.3. The van der Waals surface area contributed by atoms with Crippen LogP contribution in [0.15, 0.2) is 103 Å². The second-order valence-electron chi connectivity index (χ2n) is 18.4. The van der Waals surface area contributed by atoms with Gasteiger partial charge in [-0.25, -0.2) is 4.98 Å². The highest BCUT2D eigenvalue weighted by Crippen LogP contribution is 2.33. The molecule has 0 bridgehead atoms. The number of imidazole rings is 1. The molecule has 5 aromatic rings. The highest BCUT2D eigenvalue weighted by Gasteiger charge is 2.37. The number of ether oxygens (including phenoxy) is 2. The third-order valence-corrected chi connectivity index (χ3v) is 13.3. The van der Waals surface area contributed by atoms with Crippen molar-refractivity contribution in [3.05, 3.63) is 136 Å². The van der Waals surface area contributed by atoms with Crippen LogP contribution in [0.4, 0.5) is 8.78 Å². The van der Waals surface area contributed by atoms with Crippen molar-refractivity contribution < 1.29 is 42.2 Å². The van der Waals surface area contributed by atoms with Crippen molar-refractivity contribution in [2.24, 2.45) is 13.0 Å². The Balaban J connectivity index is 1.38. The highest BCUT2D eigenvalue weighted by atomic mass is 35.5. The fourth-order valence-corrected chi connectivity index (χ4v) is 8.74. The first kappa shape index (κ1) is 54.9. The average molecular weight is 1030 g/mol. The number of amides is 5. The maximum atomic E-state index is 15.0. The van der Waals surface area contributed by atoms with E-state index in [1.807, 2.05) is 79.3 Å². The summed E-state index contributed by atoms with van der Waals surface area (Å²) in [6.45, 7) is -0.580. The zero-order valence-electron chi connectivity index (χ0n) is 41.5. The normalized spacial score (nSPS) is 20.2. The molecule has 72 heavy (non-hydrogen) atoms. The molecule has 2 N–H and O–H groups in total. The van der Waals surface area contributed by atoms with Crippen molar-refractivity contribution in [1.82, 2.24) is 39.8 Å². The van der Waals surface area contributed by atoms with Crippen molar-refractivity contribution >= 4 is 52.7 Å². The first-order valence-corrected chi connectivity index (χ1v) is 24.3. The quantitative estimate of drug-likeness (QED) is 0.116. The van der Waals surface area contributed by atoms with Gasteiger partial charge in [-0.15, -0.1) is 0 Å². The number of nitrogens with zero attached hydrogens (tertiary/aromatic N) is 6. The molecule has 0 aliphatic carbocycles. The Morgan fingerprint density at radius 3 is 2.14 bits per heavy atom. The van der Waals surface area contributed by atoms with E-state index in [9.17, 15) is 28.0 Å². The molecule has 1 aromatic heterocycles. The number of benzene rings is 4. The molecule has 384 valence electrons. The number of rotatable bonds is 14. The molecule has 6 rings (SSSR count). The second kappa shape index (κ2) is 25.3. The molecule has 19 heteroatoms. The predicted molar refractivity (Wildman–Crippen MR) is 271 cm³/mol. The zero-order valence-corrected chi connectivity index (χ0v) is 43.0. The maximum absolute atomic E-state index is 15.0. The van der Waals surface area contributed by atoms with Gasteiger partial charge in [-0.2, -0.15) is 8.78 Å². The fourth-order valence-electron chi connectivity index (χ4n) is 8.45. The lowest BCUT2D eigenvalue weighted by atomic mass is 9.93. The largest absolute Gasteiger partial charge is 0.457 e. The maximum Gasteiger partial charge on any atom is 0.345 e. The summed E-state index contributed by atoms with van der Waals surface area (Å²) in [4.78, 5) is 82.9. The van der Waals surface area contributed by atoms with Gasteiger partial charge in [0, 0.05) is 73.8 Å². The van der Waals surface area contributed by atoms with Crippen LogP contribution in [0.1, 0.15) is 49.2 Å². The van der Waals surface area contributed by atoms with Crippen LogP contribution in [0.5, 0.6) is 11.5 Å². The standard InChI is InChI=1S/C53H62Cl2F2N8O7/c1-33-28-59-48(66)27-42(24-36-13-18-40(54)19-14-36)63(6)52(70)44(32-71-53(56)57)60-50(68)34(2)65(49(67)25-39(51(69)62(33)5)23-35-11-9-8-10-12-35)30-38-15-20-41(55)26-46(38)72-43-21-16-37(17-22-43)45-29-58-47(64(45)7)31-61(3)4/h8-22,26,29,33-34,39,42,44,53H,23-25,27-28,30-32H2,1-7H3,(H,59,66)(H,60,68)/t33-,34-,39+,42-,44-/m0/s1. The van der Waals surface area contributed by atoms with Crippen molar-refractivity contribution in [3.63, 3.8) is 0 Å². The van der Waals surface area contributed by atoms with Crippen molar-refractivity contribution in [3.8, 4) is 22.8 Å². The van der Waals surface area contributed by atoms with Crippen LogP contribution in [0.2, 0.25) is 10.0 Å². The van der Waals surface area contributed by atoms with Crippen LogP contribution in [-0.4, -0.2) is 131 Å². The number of carbonyl (C=O) groups is 5. The lowest BCUT2D eigenvalue weighted by Gasteiger charge is -2.35. The van der Waals surface area contributed by atoms with Crippen LogP contribution >= 0.6 is 23.2 Å². The van der Waals surface area contributed by atoms with Crippen LogP contribution in [0.3, 0.4) is 0 Å². The number of hydrogen-bond donors (Lipinski definition) is 2. The molecule has 4 aromatic carbocycles. The Hall–Kier alpha value is -6.40. The summed E-state index contributed by atoms with van der Waals surface area (Å²) in [6, 6.07) is 23.7. The van der Waals surface area contributed by atoms with Gasteiger partial charge in [-0.3, -0.25) is 24.0 Å². The molecule has 5 atom stereocenters. The van der Waals surface area contributed by atoms with Crippen LogP contribution in [0.25, 0.3) is 11.3 Å². The average Bonchev–Trinajstić information content (AvgIpc) is 3.71. The number of likely N-dealkylation sites (N-methyl/N-ethyl adjacent to an activating group) is 2. The molecule has 1 saturated heterocycles. The van der Waals surface area contributed by atoms with Crippen LogP contribution in [0, 0.1) is 5.92 Å². The van der Waals surface area contributed by atoms with Gasteiger partial charge in [0.25, 0.3) is 0 Å². The Morgan fingerprint density at radius 1 is 0.806 bits per heavy atom. The predicted octanol–water partition coefficient (Wildman–Crippen LogP) is 7.37. The van der Waals surface area contributed by atoms with Gasteiger partial charge in [0.15, 0.2) is 0 Å². The third kappa shape index (κ3) is 14.8. The lowest BCUT2D eigenvalue weighted by Crippen LogP contribution is -2.57. The first-order chi connectivity index (χ1) is 34.3. The number of alkyl halides is 2. The minimum absolute atomic E-state index is 0.0333.